The Hall–Kier alpha value is -0.300. The van der Waals surface area contributed by atoms with Crippen molar-refractivity contribution in [1.82, 2.24) is 0 Å². The number of hydrogen-bond donors (Lipinski definition) is 1. The van der Waals surface area contributed by atoms with E-state index in [2.05, 4.69) is 68.4 Å². The topological polar surface area (TPSA) is 20.2 Å². The molecule has 0 aromatic carbocycles. The average molecular weight is 954 g/mol. The Bertz CT molecular complexity index is 1080. The Morgan fingerprint density at radius 1 is 0.338 bits per heavy atom. The van der Waals surface area contributed by atoms with E-state index >= 15 is 0 Å². The second-order valence-electron chi connectivity index (χ2n) is 24.6. The van der Waals surface area contributed by atoms with Crippen LogP contribution in [0.4, 0.5) is 0 Å². The molecule has 0 fully saturated rings. The molecule has 1 aliphatic carbocycles. The van der Waals surface area contributed by atoms with Crippen molar-refractivity contribution in [2.24, 2.45) is 34.5 Å². The maximum atomic E-state index is 13.8. The van der Waals surface area contributed by atoms with Crippen LogP contribution in [0.5, 0.6) is 0 Å². The summed E-state index contributed by atoms with van der Waals surface area (Å²) in [5.41, 5.74) is 1.45. The van der Waals surface area contributed by atoms with Gasteiger partial charge in [0.25, 0.3) is 0 Å². The molecule has 1 nitrogen and oxygen atoms in total. The summed E-state index contributed by atoms with van der Waals surface area (Å²) in [7, 11) is 0. The van der Waals surface area contributed by atoms with Gasteiger partial charge in [-0.15, -0.1) is 0 Å². The van der Waals surface area contributed by atoms with Gasteiger partial charge in [-0.2, -0.15) is 0 Å². The van der Waals surface area contributed by atoms with E-state index in [0.717, 1.165) is 6.42 Å². The molecule has 0 saturated carbocycles. The van der Waals surface area contributed by atoms with Gasteiger partial charge in [-0.1, -0.05) is 362 Å². The van der Waals surface area contributed by atoms with Gasteiger partial charge in [0.2, 0.25) is 0 Å². The summed E-state index contributed by atoms with van der Waals surface area (Å²) in [4.78, 5) is 0. The largest absolute Gasteiger partial charge is 0.392 e. The highest BCUT2D eigenvalue weighted by molar-refractivity contribution is 5.25. The molecule has 0 heterocycles. The monoisotopic (exact) mass is 953 g/mol. The van der Waals surface area contributed by atoms with E-state index in [1.165, 1.54) is 308 Å². The molecule has 0 aromatic rings. The predicted molar refractivity (Wildman–Crippen MR) is 310 cm³/mol. The van der Waals surface area contributed by atoms with Crippen molar-refractivity contribution in [2.45, 2.75) is 383 Å². The van der Waals surface area contributed by atoms with Crippen LogP contribution in [0.2, 0.25) is 0 Å². The molecule has 7 atom stereocenters. The number of allylic oxidation sites excluding steroid dienone is 1. The molecule has 0 radical (unpaired) electrons. The van der Waals surface area contributed by atoms with Crippen LogP contribution in [0.25, 0.3) is 0 Å². The Morgan fingerprint density at radius 3 is 0.750 bits per heavy atom. The summed E-state index contributed by atoms with van der Waals surface area (Å²) in [6.45, 7) is 22.3. The molecule has 406 valence electrons. The van der Waals surface area contributed by atoms with Gasteiger partial charge in [0.1, 0.15) is 0 Å². The number of hydrogen-bond acceptors (Lipinski definition) is 1. The minimum Gasteiger partial charge on any atom is -0.392 e. The summed E-state index contributed by atoms with van der Waals surface area (Å²) in [6.07, 6.45) is 70.7. The van der Waals surface area contributed by atoms with E-state index in [-0.39, 0.29) is 16.9 Å². The predicted octanol–water partition coefficient (Wildman–Crippen LogP) is 24.0. The first-order valence-electron chi connectivity index (χ1n) is 32.5. The molecule has 0 amide bonds. The SMILES string of the molecule is CCCCCCCCCCCCCCCCC(C)C1(C(C)CCCCCCCCCC)C=C(C)CC(C(C)CCCCCCCCCC)(C(C)CCCCCCCCCCCCCCCC)C1O. The first-order chi connectivity index (χ1) is 33.2. The molecular formula is C67H132O. The van der Waals surface area contributed by atoms with E-state index in [0.29, 0.717) is 23.7 Å². The minimum absolute atomic E-state index is 0.0339. The number of aliphatic hydroxyl groups is 1. The van der Waals surface area contributed by atoms with Crippen LogP contribution >= 0.6 is 0 Å². The lowest BCUT2D eigenvalue weighted by Gasteiger charge is -2.60. The summed E-state index contributed by atoms with van der Waals surface area (Å²) < 4.78 is 0. The number of unbranched alkanes of at least 4 members (excludes halogenated alkanes) is 40. The third-order valence-electron chi connectivity index (χ3n) is 18.6. The van der Waals surface area contributed by atoms with Crippen LogP contribution in [0.3, 0.4) is 0 Å². The van der Waals surface area contributed by atoms with Crippen molar-refractivity contribution in [3.05, 3.63) is 11.6 Å². The molecule has 7 unspecified atom stereocenters. The molecule has 1 rings (SSSR count). The zero-order valence-corrected chi connectivity index (χ0v) is 49.1. The maximum absolute atomic E-state index is 13.8. The Labute approximate surface area is 432 Å². The fourth-order valence-electron chi connectivity index (χ4n) is 13.8. The van der Waals surface area contributed by atoms with Gasteiger partial charge >= 0.3 is 0 Å². The zero-order chi connectivity index (χ0) is 49.8. The summed E-state index contributed by atoms with van der Waals surface area (Å²) in [6, 6.07) is 0. The van der Waals surface area contributed by atoms with Crippen LogP contribution in [0.1, 0.15) is 377 Å². The van der Waals surface area contributed by atoms with Crippen LogP contribution in [0.15, 0.2) is 11.6 Å². The molecule has 1 aliphatic rings. The van der Waals surface area contributed by atoms with Crippen molar-refractivity contribution in [2.75, 3.05) is 0 Å². The average Bonchev–Trinajstić information content (AvgIpc) is 3.33. The second kappa shape index (κ2) is 45.3. The Balaban J connectivity index is 3.10. The number of rotatable bonds is 52. The molecular weight excluding hydrogens is 821 g/mol. The van der Waals surface area contributed by atoms with Crippen molar-refractivity contribution in [3.8, 4) is 0 Å². The lowest BCUT2D eigenvalue weighted by Crippen LogP contribution is -2.60. The van der Waals surface area contributed by atoms with E-state index in [9.17, 15) is 5.11 Å². The zero-order valence-electron chi connectivity index (χ0n) is 49.1. The highest BCUT2D eigenvalue weighted by Crippen LogP contribution is 2.61. The molecule has 0 spiro atoms. The van der Waals surface area contributed by atoms with Gasteiger partial charge in [-0.25, -0.2) is 0 Å². The summed E-state index contributed by atoms with van der Waals surface area (Å²) in [5.74, 6) is 2.12. The molecule has 1 heteroatoms. The van der Waals surface area contributed by atoms with Crippen molar-refractivity contribution < 1.29 is 5.11 Å². The summed E-state index contributed by atoms with van der Waals surface area (Å²) in [5, 5.41) is 13.8. The molecule has 68 heavy (non-hydrogen) atoms. The van der Waals surface area contributed by atoms with Gasteiger partial charge < -0.3 is 5.11 Å². The van der Waals surface area contributed by atoms with Crippen LogP contribution in [-0.2, 0) is 0 Å². The highest BCUT2D eigenvalue weighted by Gasteiger charge is 2.59. The quantitative estimate of drug-likeness (QED) is 0.0476. The van der Waals surface area contributed by atoms with E-state index in [4.69, 9.17) is 0 Å². The van der Waals surface area contributed by atoms with Gasteiger partial charge in [0.15, 0.2) is 0 Å². The minimum atomic E-state index is -0.255. The maximum Gasteiger partial charge on any atom is 0.0700 e. The van der Waals surface area contributed by atoms with E-state index in [1.807, 2.05) is 0 Å². The van der Waals surface area contributed by atoms with Crippen molar-refractivity contribution in [1.29, 1.82) is 0 Å². The molecule has 0 aliphatic heterocycles. The standard InChI is InChI=1S/C67H132O/c1-10-14-18-22-26-30-32-34-36-38-40-44-48-52-56-63(8)66(61(6)54-50-46-42-28-24-20-16-12-3)58-60(5)59-67(65(66)68,62(7)55-51-47-43-29-25-21-17-13-4)64(9)57-53-49-45-41-39-37-35-33-31-27-23-19-15-11-2/h58,61-65,68H,10-57,59H2,1-9H3. The highest BCUT2D eigenvalue weighted by atomic mass is 16.3. The van der Waals surface area contributed by atoms with E-state index < -0.39 is 0 Å². The lowest BCUT2D eigenvalue weighted by molar-refractivity contribution is -0.156. The van der Waals surface area contributed by atoms with Gasteiger partial charge in [0.05, 0.1) is 6.10 Å². The van der Waals surface area contributed by atoms with Gasteiger partial charge in [-0.05, 0) is 49.9 Å². The first-order valence-corrected chi connectivity index (χ1v) is 32.5. The Morgan fingerprint density at radius 2 is 0.529 bits per heavy atom. The first kappa shape index (κ1) is 65.7. The fourth-order valence-corrected chi connectivity index (χ4v) is 13.8. The third-order valence-corrected chi connectivity index (χ3v) is 18.6. The smallest absolute Gasteiger partial charge is 0.0700 e. The van der Waals surface area contributed by atoms with Gasteiger partial charge in [-0.3, -0.25) is 0 Å². The van der Waals surface area contributed by atoms with Crippen LogP contribution in [0, 0.1) is 34.5 Å². The molecule has 1 N–H and O–H groups in total. The van der Waals surface area contributed by atoms with Crippen molar-refractivity contribution >= 4 is 0 Å². The third kappa shape index (κ3) is 28.8. The normalized spacial score (nSPS) is 20.4. The second-order valence-corrected chi connectivity index (χ2v) is 24.6. The summed E-state index contributed by atoms with van der Waals surface area (Å²) >= 11 is 0. The van der Waals surface area contributed by atoms with Gasteiger partial charge in [0, 0.05) is 10.8 Å². The molecule has 0 aromatic heterocycles. The lowest BCUT2D eigenvalue weighted by atomic mass is 9.46. The molecule has 0 saturated heterocycles. The fraction of sp³-hybridized carbons (Fsp3) is 0.970. The van der Waals surface area contributed by atoms with Crippen LogP contribution < -0.4 is 0 Å². The molecule has 0 bridgehead atoms. The van der Waals surface area contributed by atoms with Crippen LogP contribution in [-0.4, -0.2) is 11.2 Å². The number of aliphatic hydroxyl groups excluding tert-OH is 1. The Kier molecular flexibility index (Phi) is 43.8. The van der Waals surface area contributed by atoms with E-state index in [1.54, 1.807) is 5.57 Å². The van der Waals surface area contributed by atoms with Crippen molar-refractivity contribution in [3.63, 3.8) is 0 Å².